The average Bonchev–Trinajstić information content (AvgIpc) is 3.27. The summed E-state index contributed by atoms with van der Waals surface area (Å²) in [4.78, 5) is 24.9. The van der Waals surface area contributed by atoms with Gasteiger partial charge in [0.2, 0.25) is 0 Å². The minimum Gasteiger partial charge on any atom is -0.347 e. The molecule has 1 aromatic carbocycles. The Balaban J connectivity index is 1.54. The van der Waals surface area contributed by atoms with Gasteiger partial charge in [-0.3, -0.25) is 4.79 Å². The maximum absolute atomic E-state index is 12.6. The molecular formula is C19H16ClN5OS. The number of carbonyl (C=O) groups is 1. The van der Waals surface area contributed by atoms with Crippen molar-refractivity contribution in [3.8, 4) is 0 Å². The molecule has 0 unspecified atom stereocenters. The number of nitrogens with one attached hydrogen (secondary N) is 3. The highest BCUT2D eigenvalue weighted by atomic mass is 35.5. The Morgan fingerprint density at radius 2 is 2.19 bits per heavy atom. The van der Waals surface area contributed by atoms with Gasteiger partial charge in [-0.15, -0.1) is 11.3 Å². The van der Waals surface area contributed by atoms with Gasteiger partial charge >= 0.3 is 0 Å². The molecule has 0 aliphatic rings. The lowest BCUT2D eigenvalue weighted by Crippen LogP contribution is -2.22. The number of amides is 1. The highest BCUT2D eigenvalue weighted by Gasteiger charge is 2.16. The van der Waals surface area contributed by atoms with Crippen LogP contribution < -0.4 is 10.6 Å². The Hall–Kier alpha value is -2.90. The number of carbonyl (C=O) groups excluding carboxylic acids is 1. The summed E-state index contributed by atoms with van der Waals surface area (Å²) in [7, 11) is 0. The molecule has 0 fully saturated rings. The van der Waals surface area contributed by atoms with Crippen molar-refractivity contribution in [1.29, 1.82) is 0 Å². The van der Waals surface area contributed by atoms with E-state index in [9.17, 15) is 4.79 Å². The second kappa shape index (κ2) is 7.38. The smallest absolute Gasteiger partial charge is 0.263 e. The number of nitrogens with zero attached hydrogens (tertiary/aromatic N) is 2. The number of hydrogen-bond donors (Lipinski definition) is 3. The standard InChI is InChI=1S/C19H16ClN5OS/c1-11-8-21-17-15(11)18(24-10-23-17)25-14-5-6-27-16(14)19(26)22-9-12-3-2-4-13(20)7-12/h2-8,10H,9H2,1H3,(H,22,26)(H2,21,23,24,25). The van der Waals surface area contributed by atoms with Crippen LogP contribution in [0.25, 0.3) is 11.0 Å². The largest absolute Gasteiger partial charge is 0.347 e. The number of aryl methyl sites for hydroxylation is 1. The summed E-state index contributed by atoms with van der Waals surface area (Å²) in [5.41, 5.74) is 3.45. The third kappa shape index (κ3) is 3.65. The van der Waals surface area contributed by atoms with E-state index in [-0.39, 0.29) is 5.91 Å². The number of thiophene rings is 1. The fraction of sp³-hybridized carbons (Fsp3) is 0.105. The molecule has 4 rings (SSSR count). The molecule has 27 heavy (non-hydrogen) atoms. The van der Waals surface area contributed by atoms with Crippen molar-refractivity contribution < 1.29 is 4.79 Å². The van der Waals surface area contributed by atoms with Gasteiger partial charge in [0, 0.05) is 17.8 Å². The van der Waals surface area contributed by atoms with E-state index >= 15 is 0 Å². The van der Waals surface area contributed by atoms with Crippen LogP contribution in [0.1, 0.15) is 20.8 Å². The molecule has 0 bridgehead atoms. The van der Waals surface area contributed by atoms with Gasteiger partial charge in [0.25, 0.3) is 5.91 Å². The van der Waals surface area contributed by atoms with Crippen LogP contribution in [0.2, 0.25) is 5.02 Å². The summed E-state index contributed by atoms with van der Waals surface area (Å²) in [6, 6.07) is 9.30. The van der Waals surface area contributed by atoms with Crippen LogP contribution in [0.4, 0.5) is 11.5 Å². The van der Waals surface area contributed by atoms with Gasteiger partial charge in [0.1, 0.15) is 22.7 Å². The molecule has 0 saturated heterocycles. The van der Waals surface area contributed by atoms with E-state index in [0.717, 1.165) is 22.2 Å². The van der Waals surface area contributed by atoms with Crippen molar-refractivity contribution in [2.24, 2.45) is 0 Å². The van der Waals surface area contributed by atoms with Crippen molar-refractivity contribution in [2.45, 2.75) is 13.5 Å². The Bertz CT molecular complexity index is 1120. The van der Waals surface area contributed by atoms with Crippen molar-refractivity contribution >= 4 is 51.4 Å². The first-order chi connectivity index (χ1) is 13.1. The second-order valence-corrected chi connectivity index (χ2v) is 7.37. The SMILES string of the molecule is Cc1c[nH]c2ncnc(Nc3ccsc3C(=O)NCc3cccc(Cl)c3)c12. The summed E-state index contributed by atoms with van der Waals surface area (Å²) < 4.78 is 0. The number of hydrogen-bond acceptors (Lipinski definition) is 5. The van der Waals surface area contributed by atoms with Gasteiger partial charge in [-0.25, -0.2) is 9.97 Å². The first kappa shape index (κ1) is 17.5. The number of H-pyrrole nitrogens is 1. The third-order valence-corrected chi connectivity index (χ3v) is 5.28. The number of halogens is 1. The van der Waals surface area contributed by atoms with Crippen molar-refractivity contribution in [1.82, 2.24) is 20.3 Å². The van der Waals surface area contributed by atoms with Gasteiger partial charge in [0.15, 0.2) is 0 Å². The van der Waals surface area contributed by atoms with E-state index in [1.54, 1.807) is 6.07 Å². The maximum atomic E-state index is 12.6. The molecule has 3 N–H and O–H groups in total. The highest BCUT2D eigenvalue weighted by Crippen LogP contribution is 2.29. The van der Waals surface area contributed by atoms with Crippen LogP contribution in [0.5, 0.6) is 0 Å². The molecule has 1 amide bonds. The fourth-order valence-corrected chi connectivity index (χ4v) is 3.81. The number of benzene rings is 1. The van der Waals surface area contributed by atoms with E-state index in [1.165, 1.54) is 17.7 Å². The van der Waals surface area contributed by atoms with E-state index in [1.807, 2.05) is 42.8 Å². The summed E-state index contributed by atoms with van der Waals surface area (Å²) in [5.74, 6) is 0.518. The van der Waals surface area contributed by atoms with E-state index in [0.29, 0.717) is 27.9 Å². The van der Waals surface area contributed by atoms with E-state index in [2.05, 4.69) is 25.6 Å². The highest BCUT2D eigenvalue weighted by molar-refractivity contribution is 7.12. The van der Waals surface area contributed by atoms with Gasteiger partial charge in [-0.05, 0) is 41.6 Å². The Labute approximate surface area is 164 Å². The lowest BCUT2D eigenvalue weighted by atomic mass is 10.2. The van der Waals surface area contributed by atoms with Gasteiger partial charge in [-0.2, -0.15) is 0 Å². The molecule has 8 heteroatoms. The Morgan fingerprint density at radius 3 is 3.04 bits per heavy atom. The molecule has 3 heterocycles. The van der Waals surface area contributed by atoms with E-state index in [4.69, 9.17) is 11.6 Å². The van der Waals surface area contributed by atoms with Crippen LogP contribution in [0.3, 0.4) is 0 Å². The molecule has 0 saturated carbocycles. The van der Waals surface area contributed by atoms with Gasteiger partial charge in [-0.1, -0.05) is 23.7 Å². The van der Waals surface area contributed by atoms with Crippen LogP contribution >= 0.6 is 22.9 Å². The molecule has 6 nitrogen and oxygen atoms in total. The average molecular weight is 398 g/mol. The van der Waals surface area contributed by atoms with Crippen LogP contribution in [-0.2, 0) is 6.54 Å². The normalized spacial score (nSPS) is 10.9. The fourth-order valence-electron chi connectivity index (χ4n) is 2.83. The van der Waals surface area contributed by atoms with Gasteiger partial charge < -0.3 is 15.6 Å². The van der Waals surface area contributed by atoms with Crippen molar-refractivity contribution in [2.75, 3.05) is 5.32 Å². The minimum absolute atomic E-state index is 0.149. The number of rotatable bonds is 5. The molecule has 3 aromatic heterocycles. The lowest BCUT2D eigenvalue weighted by Gasteiger charge is -2.09. The third-order valence-electron chi connectivity index (χ3n) is 4.13. The molecular weight excluding hydrogens is 382 g/mol. The number of aromatic amines is 1. The monoisotopic (exact) mass is 397 g/mol. The zero-order chi connectivity index (χ0) is 18.8. The summed E-state index contributed by atoms with van der Waals surface area (Å²) in [6.45, 7) is 2.39. The summed E-state index contributed by atoms with van der Waals surface area (Å²) in [6.07, 6.45) is 3.38. The molecule has 0 aliphatic heterocycles. The zero-order valence-corrected chi connectivity index (χ0v) is 16.0. The van der Waals surface area contributed by atoms with Crippen LogP contribution in [0, 0.1) is 6.92 Å². The second-order valence-electron chi connectivity index (χ2n) is 6.02. The maximum Gasteiger partial charge on any atom is 0.263 e. The van der Waals surface area contributed by atoms with Gasteiger partial charge in [0.05, 0.1) is 11.1 Å². The molecule has 0 atom stereocenters. The van der Waals surface area contributed by atoms with Crippen molar-refractivity contribution in [3.63, 3.8) is 0 Å². The Morgan fingerprint density at radius 1 is 1.30 bits per heavy atom. The van der Waals surface area contributed by atoms with Crippen LogP contribution in [-0.4, -0.2) is 20.9 Å². The lowest BCUT2D eigenvalue weighted by molar-refractivity contribution is 0.0955. The molecule has 0 radical (unpaired) electrons. The molecule has 4 aromatic rings. The van der Waals surface area contributed by atoms with Crippen molar-refractivity contribution in [3.05, 3.63) is 69.3 Å². The first-order valence-corrected chi connectivity index (χ1v) is 9.53. The molecule has 0 aliphatic carbocycles. The van der Waals surface area contributed by atoms with Crippen LogP contribution in [0.15, 0.2) is 48.2 Å². The number of aromatic nitrogens is 3. The predicted octanol–water partition coefficient (Wildman–Crippen LogP) is 4.65. The summed E-state index contributed by atoms with van der Waals surface area (Å²) >= 11 is 7.37. The quantitative estimate of drug-likeness (QED) is 0.457. The van der Waals surface area contributed by atoms with E-state index < -0.39 is 0 Å². The first-order valence-electron chi connectivity index (χ1n) is 8.27. The Kier molecular flexibility index (Phi) is 4.79. The minimum atomic E-state index is -0.149. The topological polar surface area (TPSA) is 82.7 Å². The molecule has 136 valence electrons. The molecule has 0 spiro atoms. The predicted molar refractivity (Wildman–Crippen MR) is 109 cm³/mol. The summed E-state index contributed by atoms with van der Waals surface area (Å²) in [5, 5.41) is 9.63. The zero-order valence-electron chi connectivity index (χ0n) is 14.4. The number of anilines is 2. The number of fused-ring (bicyclic) bond motifs is 1.